The molecule has 0 spiro atoms. The van der Waals surface area contributed by atoms with Crippen LogP contribution in [0, 0.1) is 0 Å². The summed E-state index contributed by atoms with van der Waals surface area (Å²) in [6.45, 7) is 0. The summed E-state index contributed by atoms with van der Waals surface area (Å²) in [6, 6.07) is 7.97. The molecule has 1 aromatic carbocycles. The lowest BCUT2D eigenvalue weighted by Crippen LogP contribution is -2.15. The van der Waals surface area contributed by atoms with Gasteiger partial charge < -0.3 is 9.74 Å². The molecule has 0 radical (unpaired) electrons. The molecule has 5 heteroatoms. The van der Waals surface area contributed by atoms with Crippen LogP contribution < -0.4 is 10.4 Å². The fourth-order valence-electron chi connectivity index (χ4n) is 1.30. The van der Waals surface area contributed by atoms with Crippen LogP contribution in [-0.2, 0) is 14.4 Å². The van der Waals surface area contributed by atoms with E-state index in [1.165, 1.54) is 12.2 Å². The third-order valence-corrected chi connectivity index (χ3v) is 2.25. The first-order valence-electron chi connectivity index (χ1n) is 5.65. The Morgan fingerprint density at radius 2 is 1.89 bits per heavy atom. The van der Waals surface area contributed by atoms with Gasteiger partial charge in [0.25, 0.3) is 0 Å². The lowest BCUT2D eigenvalue weighted by Gasteiger charge is -2.11. The summed E-state index contributed by atoms with van der Waals surface area (Å²) >= 11 is 0. The molecular formula is C14H16N2O3. The Bertz CT molecular complexity index is 476. The minimum atomic E-state index is -0.639. The number of carbonyl (C=O) groups excluding carboxylic acids is 2. The summed E-state index contributed by atoms with van der Waals surface area (Å²) in [5.74, 6) is -0.639. The van der Waals surface area contributed by atoms with Crippen LogP contribution in [0.25, 0.3) is 6.08 Å². The molecule has 0 saturated carbocycles. The predicted molar refractivity (Wildman–Crippen MR) is 74.2 cm³/mol. The van der Waals surface area contributed by atoms with Gasteiger partial charge in [0, 0.05) is 25.9 Å². The van der Waals surface area contributed by atoms with Crippen molar-refractivity contribution in [2.45, 2.75) is 0 Å². The second-order valence-electron chi connectivity index (χ2n) is 3.86. The molecule has 1 aromatic rings. The first-order valence-corrected chi connectivity index (χ1v) is 5.65. The largest absolute Gasteiger partial charge is 0.378 e. The molecule has 5 nitrogen and oxygen atoms in total. The number of hydrogen-bond acceptors (Lipinski definition) is 4. The molecular weight excluding hydrogens is 244 g/mol. The fraction of sp³-hybridized carbons (Fsp3) is 0.143. The number of rotatable bonds is 6. The van der Waals surface area contributed by atoms with Gasteiger partial charge in [0.05, 0.1) is 0 Å². The summed E-state index contributed by atoms with van der Waals surface area (Å²) in [7, 11) is 3.96. The number of amides is 1. The average molecular weight is 260 g/mol. The molecule has 1 rings (SSSR count). The van der Waals surface area contributed by atoms with Gasteiger partial charge in [-0.1, -0.05) is 30.4 Å². The van der Waals surface area contributed by atoms with Crippen molar-refractivity contribution in [3.63, 3.8) is 0 Å². The standard InChI is InChI=1S/C14H16N2O3/c1-16(2)13-9-7-12(8-10-13)5-3-4-6-14(18)19-15-11-17/h3-11H,1-2H3,(H,15,17)/b5-3+,6-4+. The highest BCUT2D eigenvalue weighted by atomic mass is 16.7. The highest BCUT2D eigenvalue weighted by molar-refractivity contribution is 5.82. The predicted octanol–water partition coefficient (Wildman–Crippen LogP) is 1.53. The first kappa shape index (κ1) is 14.5. The highest BCUT2D eigenvalue weighted by Crippen LogP contribution is 2.13. The third kappa shape index (κ3) is 5.54. The van der Waals surface area contributed by atoms with Crippen molar-refractivity contribution in [3.8, 4) is 0 Å². The Kier molecular flexibility index (Phi) is 5.88. The fourth-order valence-corrected chi connectivity index (χ4v) is 1.30. The summed E-state index contributed by atoms with van der Waals surface area (Å²) < 4.78 is 0. The van der Waals surface area contributed by atoms with Gasteiger partial charge in [-0.3, -0.25) is 4.79 Å². The smallest absolute Gasteiger partial charge is 0.355 e. The summed E-state index contributed by atoms with van der Waals surface area (Å²) in [6.07, 6.45) is 6.60. The third-order valence-electron chi connectivity index (χ3n) is 2.25. The van der Waals surface area contributed by atoms with Crippen molar-refractivity contribution >= 4 is 24.1 Å². The van der Waals surface area contributed by atoms with Crippen LogP contribution in [0.1, 0.15) is 5.56 Å². The van der Waals surface area contributed by atoms with E-state index in [4.69, 9.17) is 0 Å². The molecule has 0 saturated heterocycles. The maximum Gasteiger partial charge on any atom is 0.355 e. The van der Waals surface area contributed by atoms with E-state index in [1.54, 1.807) is 6.08 Å². The molecule has 0 aliphatic rings. The van der Waals surface area contributed by atoms with Gasteiger partial charge in [-0.2, -0.15) is 5.48 Å². The van der Waals surface area contributed by atoms with E-state index in [-0.39, 0.29) is 6.41 Å². The second-order valence-corrected chi connectivity index (χ2v) is 3.86. The molecule has 0 bridgehead atoms. The molecule has 0 aliphatic heterocycles. The van der Waals surface area contributed by atoms with Gasteiger partial charge in [-0.25, -0.2) is 4.79 Å². The number of hydroxylamine groups is 1. The van der Waals surface area contributed by atoms with Crippen molar-refractivity contribution < 1.29 is 14.4 Å². The number of allylic oxidation sites excluding steroid dienone is 2. The van der Waals surface area contributed by atoms with Crippen LogP contribution in [0.2, 0.25) is 0 Å². The van der Waals surface area contributed by atoms with E-state index in [0.717, 1.165) is 11.3 Å². The average Bonchev–Trinajstić information content (AvgIpc) is 2.41. The minimum absolute atomic E-state index is 0.286. The maximum absolute atomic E-state index is 11.0. The first-order chi connectivity index (χ1) is 9.13. The number of carbonyl (C=O) groups is 2. The van der Waals surface area contributed by atoms with Crippen molar-refractivity contribution in [2.75, 3.05) is 19.0 Å². The van der Waals surface area contributed by atoms with Gasteiger partial charge in [0.2, 0.25) is 6.41 Å². The van der Waals surface area contributed by atoms with Crippen molar-refractivity contribution in [2.24, 2.45) is 0 Å². The highest BCUT2D eigenvalue weighted by Gasteiger charge is 1.94. The van der Waals surface area contributed by atoms with Gasteiger partial charge >= 0.3 is 5.97 Å². The van der Waals surface area contributed by atoms with Crippen molar-refractivity contribution in [3.05, 3.63) is 48.1 Å². The molecule has 100 valence electrons. The zero-order valence-corrected chi connectivity index (χ0v) is 10.9. The Morgan fingerprint density at radius 3 is 2.47 bits per heavy atom. The normalized spacial score (nSPS) is 10.6. The topological polar surface area (TPSA) is 58.6 Å². The Morgan fingerprint density at radius 1 is 1.21 bits per heavy atom. The Balaban J connectivity index is 2.50. The zero-order chi connectivity index (χ0) is 14.1. The number of anilines is 1. The van der Waals surface area contributed by atoms with Gasteiger partial charge in [0.15, 0.2) is 0 Å². The zero-order valence-electron chi connectivity index (χ0n) is 10.9. The summed E-state index contributed by atoms with van der Waals surface area (Å²) in [5, 5.41) is 0. The Labute approximate surface area is 112 Å². The van der Waals surface area contributed by atoms with E-state index in [2.05, 4.69) is 4.84 Å². The molecule has 0 atom stereocenters. The monoisotopic (exact) mass is 260 g/mol. The number of hydrogen-bond donors (Lipinski definition) is 1. The Hall–Kier alpha value is -2.56. The lowest BCUT2D eigenvalue weighted by molar-refractivity contribution is -0.149. The van der Waals surface area contributed by atoms with Crippen LogP contribution in [-0.4, -0.2) is 26.5 Å². The van der Waals surface area contributed by atoms with E-state index in [0.29, 0.717) is 0 Å². The van der Waals surface area contributed by atoms with Crippen LogP contribution >= 0.6 is 0 Å². The summed E-state index contributed by atoms with van der Waals surface area (Å²) in [4.78, 5) is 27.2. The van der Waals surface area contributed by atoms with Gasteiger partial charge in [-0.05, 0) is 17.7 Å². The minimum Gasteiger partial charge on any atom is -0.378 e. The lowest BCUT2D eigenvalue weighted by atomic mass is 10.2. The van der Waals surface area contributed by atoms with E-state index >= 15 is 0 Å². The van der Waals surface area contributed by atoms with Crippen LogP contribution in [0.5, 0.6) is 0 Å². The van der Waals surface area contributed by atoms with Crippen LogP contribution in [0.4, 0.5) is 5.69 Å². The van der Waals surface area contributed by atoms with E-state index < -0.39 is 5.97 Å². The number of benzene rings is 1. The molecule has 19 heavy (non-hydrogen) atoms. The molecule has 0 aromatic heterocycles. The molecule has 1 amide bonds. The SMILES string of the molecule is CN(C)c1ccc(/C=C/C=C/C(=O)ONC=O)cc1. The molecule has 0 fully saturated rings. The molecule has 0 unspecified atom stereocenters. The summed E-state index contributed by atoms with van der Waals surface area (Å²) in [5.41, 5.74) is 3.96. The van der Waals surface area contributed by atoms with Crippen LogP contribution in [0.3, 0.4) is 0 Å². The molecule has 0 aliphatic carbocycles. The van der Waals surface area contributed by atoms with Crippen LogP contribution in [0.15, 0.2) is 42.5 Å². The van der Waals surface area contributed by atoms with Gasteiger partial charge in [-0.15, -0.1) is 0 Å². The van der Waals surface area contributed by atoms with E-state index in [1.807, 2.05) is 54.8 Å². The molecule has 1 N–H and O–H groups in total. The quantitative estimate of drug-likeness (QED) is 0.365. The number of nitrogens with zero attached hydrogens (tertiary/aromatic N) is 1. The number of nitrogens with one attached hydrogen (secondary N) is 1. The van der Waals surface area contributed by atoms with E-state index in [9.17, 15) is 9.59 Å². The molecule has 0 heterocycles. The van der Waals surface area contributed by atoms with Crippen molar-refractivity contribution in [1.82, 2.24) is 5.48 Å². The maximum atomic E-state index is 11.0. The second kappa shape index (κ2) is 7.71. The van der Waals surface area contributed by atoms with Crippen molar-refractivity contribution in [1.29, 1.82) is 0 Å². The van der Waals surface area contributed by atoms with Gasteiger partial charge in [0.1, 0.15) is 0 Å².